The molecule has 0 saturated carbocycles. The molecule has 0 aliphatic rings. The standard InChI is InChI=1S/C14H18N2O4S2/c1-10-11(16-14(20-10)12-4-3-7-21-12)8-22(18)9-13(17)15-5-6-19-2/h3-4,7H,5-6,8-9H2,1-2H3,(H,15,17)/t22-/m1/s1. The van der Waals surface area contributed by atoms with Crippen molar-refractivity contribution in [3.8, 4) is 10.8 Å². The molecule has 0 bridgehead atoms. The fourth-order valence-electron chi connectivity index (χ4n) is 1.76. The summed E-state index contributed by atoms with van der Waals surface area (Å²) < 4.78 is 22.5. The third-order valence-corrected chi connectivity index (χ3v) is 4.88. The number of thiophene rings is 1. The maximum absolute atomic E-state index is 12.0. The molecule has 0 aliphatic carbocycles. The number of nitrogens with zero attached hydrogens (tertiary/aromatic N) is 1. The van der Waals surface area contributed by atoms with E-state index in [2.05, 4.69) is 10.3 Å². The van der Waals surface area contributed by atoms with Crippen LogP contribution < -0.4 is 5.32 Å². The molecule has 2 rings (SSSR count). The number of hydrogen-bond acceptors (Lipinski definition) is 6. The average Bonchev–Trinajstić information content (AvgIpc) is 3.09. The van der Waals surface area contributed by atoms with Gasteiger partial charge in [0.05, 0.1) is 22.9 Å². The molecule has 120 valence electrons. The predicted molar refractivity (Wildman–Crippen MR) is 86.2 cm³/mol. The molecule has 1 atom stereocenters. The molecular formula is C14H18N2O4S2. The van der Waals surface area contributed by atoms with Crippen molar-refractivity contribution < 1.29 is 18.2 Å². The third-order valence-electron chi connectivity index (χ3n) is 2.84. The molecule has 1 amide bonds. The molecule has 0 spiro atoms. The maximum atomic E-state index is 12.0. The van der Waals surface area contributed by atoms with Crippen molar-refractivity contribution in [2.24, 2.45) is 0 Å². The van der Waals surface area contributed by atoms with Gasteiger partial charge in [-0.25, -0.2) is 4.98 Å². The van der Waals surface area contributed by atoms with Gasteiger partial charge in [-0.3, -0.25) is 9.00 Å². The molecule has 22 heavy (non-hydrogen) atoms. The van der Waals surface area contributed by atoms with Gasteiger partial charge in [-0.2, -0.15) is 0 Å². The number of carbonyl (C=O) groups is 1. The zero-order chi connectivity index (χ0) is 15.9. The van der Waals surface area contributed by atoms with Crippen molar-refractivity contribution >= 4 is 28.0 Å². The van der Waals surface area contributed by atoms with Crippen LogP contribution in [0.25, 0.3) is 10.8 Å². The Bertz CT molecular complexity index is 637. The minimum atomic E-state index is -1.32. The van der Waals surface area contributed by atoms with Crippen LogP contribution in [-0.2, 0) is 26.1 Å². The fraction of sp³-hybridized carbons (Fsp3) is 0.429. The van der Waals surface area contributed by atoms with Gasteiger partial charge in [-0.15, -0.1) is 11.3 Å². The molecule has 6 nitrogen and oxygen atoms in total. The van der Waals surface area contributed by atoms with Gasteiger partial charge < -0.3 is 14.5 Å². The van der Waals surface area contributed by atoms with Crippen molar-refractivity contribution in [1.82, 2.24) is 10.3 Å². The molecule has 1 N–H and O–H groups in total. The summed E-state index contributed by atoms with van der Waals surface area (Å²) >= 11 is 1.53. The van der Waals surface area contributed by atoms with Crippen LogP contribution in [0.15, 0.2) is 21.9 Å². The van der Waals surface area contributed by atoms with Gasteiger partial charge in [-0.05, 0) is 18.4 Å². The van der Waals surface area contributed by atoms with E-state index in [1.54, 1.807) is 14.0 Å². The van der Waals surface area contributed by atoms with Gasteiger partial charge in [0.2, 0.25) is 11.8 Å². The first kappa shape index (κ1) is 16.9. The van der Waals surface area contributed by atoms with E-state index in [1.807, 2.05) is 17.5 Å². The van der Waals surface area contributed by atoms with Gasteiger partial charge in [-0.1, -0.05) is 6.07 Å². The van der Waals surface area contributed by atoms with Crippen LogP contribution in [0.2, 0.25) is 0 Å². The highest BCUT2D eigenvalue weighted by Crippen LogP contribution is 2.26. The van der Waals surface area contributed by atoms with Crippen LogP contribution in [0.5, 0.6) is 0 Å². The van der Waals surface area contributed by atoms with Crippen molar-refractivity contribution in [3.05, 3.63) is 29.0 Å². The van der Waals surface area contributed by atoms with E-state index in [4.69, 9.17) is 9.15 Å². The largest absolute Gasteiger partial charge is 0.440 e. The molecular weight excluding hydrogens is 324 g/mol. The van der Waals surface area contributed by atoms with E-state index in [-0.39, 0.29) is 17.4 Å². The van der Waals surface area contributed by atoms with Gasteiger partial charge in [0.1, 0.15) is 11.5 Å². The Morgan fingerprint density at radius 3 is 3.05 bits per heavy atom. The second-order valence-corrected chi connectivity index (χ2v) is 6.98. The Hall–Kier alpha value is -1.51. The van der Waals surface area contributed by atoms with Crippen molar-refractivity contribution in [1.29, 1.82) is 0 Å². The average molecular weight is 342 g/mol. The third kappa shape index (κ3) is 4.75. The number of ether oxygens (including phenoxy) is 1. The predicted octanol–water partition coefficient (Wildman–Crippen LogP) is 1.72. The molecule has 0 unspecified atom stereocenters. The molecule has 8 heteroatoms. The lowest BCUT2D eigenvalue weighted by molar-refractivity contribution is -0.118. The summed E-state index contributed by atoms with van der Waals surface area (Å²) in [6, 6.07) is 3.83. The molecule has 0 aromatic carbocycles. The van der Waals surface area contributed by atoms with Crippen LogP contribution in [0.3, 0.4) is 0 Å². The number of methoxy groups -OCH3 is 1. The maximum Gasteiger partial charge on any atom is 0.236 e. The van der Waals surface area contributed by atoms with Gasteiger partial charge >= 0.3 is 0 Å². The molecule has 0 radical (unpaired) electrons. The van der Waals surface area contributed by atoms with Crippen LogP contribution in [0.1, 0.15) is 11.5 Å². The fourth-order valence-corrected chi connectivity index (χ4v) is 3.48. The van der Waals surface area contributed by atoms with E-state index in [1.165, 1.54) is 11.3 Å². The minimum Gasteiger partial charge on any atom is -0.440 e. The summed E-state index contributed by atoms with van der Waals surface area (Å²) in [5.74, 6) is 1.07. The van der Waals surface area contributed by atoms with Crippen LogP contribution in [0.4, 0.5) is 0 Å². The second-order valence-electron chi connectivity index (χ2n) is 4.57. The SMILES string of the molecule is COCCNC(=O)C[S@](=O)Cc1nc(-c2cccs2)oc1C. The van der Waals surface area contributed by atoms with Crippen molar-refractivity contribution in [2.75, 3.05) is 26.0 Å². The monoisotopic (exact) mass is 342 g/mol. The van der Waals surface area contributed by atoms with Crippen molar-refractivity contribution in [3.63, 3.8) is 0 Å². The minimum absolute atomic E-state index is 0.0512. The zero-order valence-corrected chi connectivity index (χ0v) is 14.1. The molecule has 2 heterocycles. The van der Waals surface area contributed by atoms with E-state index in [0.29, 0.717) is 30.5 Å². The number of oxazole rings is 1. The highest BCUT2D eigenvalue weighted by molar-refractivity contribution is 7.84. The first-order valence-electron chi connectivity index (χ1n) is 6.71. The first-order valence-corrected chi connectivity index (χ1v) is 9.07. The van der Waals surface area contributed by atoms with Crippen molar-refractivity contribution in [2.45, 2.75) is 12.7 Å². The van der Waals surface area contributed by atoms with E-state index in [0.717, 1.165) is 4.88 Å². The van der Waals surface area contributed by atoms with E-state index in [9.17, 15) is 9.00 Å². The lowest BCUT2D eigenvalue weighted by Crippen LogP contribution is -2.31. The highest BCUT2D eigenvalue weighted by atomic mass is 32.2. The second kappa shape index (κ2) is 8.21. The Morgan fingerprint density at radius 1 is 1.55 bits per heavy atom. The summed E-state index contributed by atoms with van der Waals surface area (Å²) in [7, 11) is 0.236. The Labute approximate surface area is 135 Å². The molecule has 2 aromatic rings. The first-order chi connectivity index (χ1) is 10.6. The summed E-state index contributed by atoms with van der Waals surface area (Å²) in [6.45, 7) is 2.64. The Kier molecular flexibility index (Phi) is 6.29. The topological polar surface area (TPSA) is 81.4 Å². The van der Waals surface area contributed by atoms with Gasteiger partial charge in [0, 0.05) is 24.5 Å². The summed E-state index contributed by atoms with van der Waals surface area (Å²) in [6.07, 6.45) is 0. The zero-order valence-electron chi connectivity index (χ0n) is 12.5. The van der Waals surface area contributed by atoms with Crippen LogP contribution in [0, 0.1) is 6.92 Å². The summed E-state index contributed by atoms with van der Waals surface area (Å²) in [5, 5.41) is 4.58. The lowest BCUT2D eigenvalue weighted by atomic mass is 10.4. The lowest BCUT2D eigenvalue weighted by Gasteiger charge is -2.03. The number of amides is 1. The molecule has 0 fully saturated rings. The van der Waals surface area contributed by atoms with E-state index < -0.39 is 10.8 Å². The van der Waals surface area contributed by atoms with Gasteiger partial charge in [0.25, 0.3) is 0 Å². The molecule has 0 aliphatic heterocycles. The number of rotatable bonds is 8. The number of aryl methyl sites for hydroxylation is 1. The Morgan fingerprint density at radius 2 is 2.36 bits per heavy atom. The van der Waals surface area contributed by atoms with Gasteiger partial charge in [0.15, 0.2) is 0 Å². The normalized spacial score (nSPS) is 12.3. The van der Waals surface area contributed by atoms with Crippen LogP contribution in [-0.4, -0.2) is 41.1 Å². The smallest absolute Gasteiger partial charge is 0.236 e. The highest BCUT2D eigenvalue weighted by Gasteiger charge is 2.16. The number of nitrogens with one attached hydrogen (secondary N) is 1. The summed E-state index contributed by atoms with van der Waals surface area (Å²) in [5.41, 5.74) is 0.631. The number of hydrogen-bond donors (Lipinski definition) is 1. The van der Waals surface area contributed by atoms with Crippen LogP contribution >= 0.6 is 11.3 Å². The summed E-state index contributed by atoms with van der Waals surface area (Å²) in [4.78, 5) is 16.9. The quantitative estimate of drug-likeness (QED) is 0.739. The molecule has 2 aromatic heterocycles. The number of aromatic nitrogens is 1. The Balaban J connectivity index is 1.90. The molecule has 0 saturated heterocycles. The number of carbonyl (C=O) groups excluding carboxylic acids is 1. The van der Waals surface area contributed by atoms with E-state index >= 15 is 0 Å².